The molecule has 1 rings (SSSR count). The van der Waals surface area contributed by atoms with E-state index in [2.05, 4.69) is 15.4 Å². The maximum Gasteiger partial charge on any atom is 0.268 e. The Hall–Kier alpha value is -1.36. The van der Waals surface area contributed by atoms with E-state index >= 15 is 0 Å². The number of rotatable bonds is 3. The second-order valence-corrected chi connectivity index (χ2v) is 2.33. The minimum absolute atomic E-state index is 0.221. The maximum atomic E-state index is 11.1. The van der Waals surface area contributed by atoms with Gasteiger partial charge in [0.1, 0.15) is 6.04 Å². The molecule has 1 unspecified atom stereocenters. The summed E-state index contributed by atoms with van der Waals surface area (Å²) in [5.74, 6) is -0.221. The lowest BCUT2D eigenvalue weighted by atomic mass is 10.3. The second kappa shape index (κ2) is 3.87. The highest BCUT2D eigenvalue weighted by atomic mass is 16.6. The number of nitrogens with zero attached hydrogens (tertiary/aromatic N) is 2. The quantitative estimate of drug-likeness (QED) is 0.654. The average molecular weight is 169 g/mol. The van der Waals surface area contributed by atoms with E-state index in [4.69, 9.17) is 0 Å². The topological polar surface area (TPSA) is 56.1 Å². The Bertz CT molecular complexity index is 245. The monoisotopic (exact) mass is 169 g/mol. The average Bonchev–Trinajstić information content (AvgIpc) is 2.55. The summed E-state index contributed by atoms with van der Waals surface area (Å²) in [5.41, 5.74) is 2.23. The van der Waals surface area contributed by atoms with Crippen LogP contribution in [0.3, 0.4) is 0 Å². The minimum atomic E-state index is -0.347. The van der Waals surface area contributed by atoms with E-state index in [1.54, 1.807) is 30.1 Å². The molecule has 1 N–H and O–H groups in total. The number of hydrogen-bond donors (Lipinski definition) is 1. The Morgan fingerprint density at radius 1 is 1.75 bits per heavy atom. The smallest absolute Gasteiger partial charge is 0.268 e. The van der Waals surface area contributed by atoms with Gasteiger partial charge >= 0.3 is 0 Å². The van der Waals surface area contributed by atoms with Gasteiger partial charge in [-0.1, -0.05) is 0 Å². The van der Waals surface area contributed by atoms with Crippen LogP contribution in [0.5, 0.6) is 0 Å². The number of hydrogen-bond acceptors (Lipinski definition) is 3. The number of carbonyl (C=O) groups is 1. The molecule has 0 spiro atoms. The van der Waals surface area contributed by atoms with Crippen LogP contribution in [0.1, 0.15) is 13.0 Å². The second-order valence-electron chi connectivity index (χ2n) is 2.33. The van der Waals surface area contributed by atoms with Gasteiger partial charge in [0.2, 0.25) is 0 Å². The molecule has 0 aliphatic carbocycles. The first-order chi connectivity index (χ1) is 5.75. The van der Waals surface area contributed by atoms with Crippen LogP contribution < -0.4 is 5.48 Å². The van der Waals surface area contributed by atoms with E-state index in [0.29, 0.717) is 0 Å². The summed E-state index contributed by atoms with van der Waals surface area (Å²) in [6.07, 6.45) is 3.34. The van der Waals surface area contributed by atoms with Crippen LogP contribution in [0.15, 0.2) is 18.5 Å². The summed E-state index contributed by atoms with van der Waals surface area (Å²) >= 11 is 0. The molecule has 5 heteroatoms. The highest BCUT2D eigenvalue weighted by molar-refractivity contribution is 5.78. The van der Waals surface area contributed by atoms with Crippen molar-refractivity contribution in [3.63, 3.8) is 0 Å². The molecule has 1 atom stereocenters. The van der Waals surface area contributed by atoms with Crippen LogP contribution in [0.2, 0.25) is 0 Å². The van der Waals surface area contributed by atoms with Crippen LogP contribution in [0.25, 0.3) is 0 Å². The highest BCUT2D eigenvalue weighted by Crippen LogP contribution is 2.01. The summed E-state index contributed by atoms with van der Waals surface area (Å²) in [6, 6.07) is 1.41. The van der Waals surface area contributed by atoms with Crippen molar-refractivity contribution >= 4 is 5.91 Å². The number of aromatic nitrogens is 2. The predicted molar refractivity (Wildman–Crippen MR) is 42.1 cm³/mol. The molecule has 0 saturated carbocycles. The molecule has 66 valence electrons. The molecule has 0 fully saturated rings. The fourth-order valence-electron chi connectivity index (χ4n) is 0.816. The standard InChI is InChI=1S/C7H11N3O2/c1-6(7(11)9-12-2)10-5-3-4-8-10/h3-6H,1-2H3,(H,9,11). The van der Waals surface area contributed by atoms with Crippen molar-refractivity contribution in [2.45, 2.75) is 13.0 Å². The van der Waals surface area contributed by atoms with Crippen molar-refractivity contribution in [1.29, 1.82) is 0 Å². The van der Waals surface area contributed by atoms with Crippen LogP contribution in [0, 0.1) is 0 Å². The molecule has 1 aromatic rings. The summed E-state index contributed by atoms with van der Waals surface area (Å²) in [5, 5.41) is 3.92. The molecule has 0 aliphatic rings. The maximum absolute atomic E-state index is 11.1. The van der Waals surface area contributed by atoms with Gasteiger partial charge in [0.05, 0.1) is 7.11 Å². The van der Waals surface area contributed by atoms with Crippen LogP contribution in [0.4, 0.5) is 0 Å². The summed E-state index contributed by atoms with van der Waals surface area (Å²) in [4.78, 5) is 15.6. The molecule has 0 aliphatic heterocycles. The van der Waals surface area contributed by atoms with Gasteiger partial charge in [0.25, 0.3) is 5.91 Å². The van der Waals surface area contributed by atoms with Crippen molar-refractivity contribution in [1.82, 2.24) is 15.3 Å². The van der Waals surface area contributed by atoms with Gasteiger partial charge in [-0.3, -0.25) is 14.3 Å². The third-order valence-electron chi connectivity index (χ3n) is 1.50. The summed E-state index contributed by atoms with van der Waals surface area (Å²) in [7, 11) is 1.40. The van der Waals surface area contributed by atoms with Gasteiger partial charge in [0.15, 0.2) is 0 Å². The Labute approximate surface area is 70.3 Å². The molecular formula is C7H11N3O2. The van der Waals surface area contributed by atoms with Gasteiger partial charge in [-0.25, -0.2) is 5.48 Å². The summed E-state index contributed by atoms with van der Waals surface area (Å²) < 4.78 is 1.55. The van der Waals surface area contributed by atoms with Gasteiger partial charge in [-0.15, -0.1) is 0 Å². The van der Waals surface area contributed by atoms with Crippen LogP contribution in [-0.2, 0) is 9.63 Å². The number of amides is 1. The van der Waals surface area contributed by atoms with Crippen molar-refractivity contribution < 1.29 is 9.63 Å². The first-order valence-corrected chi connectivity index (χ1v) is 3.57. The van der Waals surface area contributed by atoms with Crippen molar-refractivity contribution in [2.75, 3.05) is 7.11 Å². The van der Waals surface area contributed by atoms with Crippen LogP contribution >= 0.6 is 0 Å². The van der Waals surface area contributed by atoms with Gasteiger partial charge in [-0.05, 0) is 13.0 Å². The molecule has 0 radical (unpaired) electrons. The molecule has 1 heterocycles. The van der Waals surface area contributed by atoms with Crippen molar-refractivity contribution in [3.05, 3.63) is 18.5 Å². The molecule has 0 saturated heterocycles. The van der Waals surface area contributed by atoms with Crippen molar-refractivity contribution in [3.8, 4) is 0 Å². The fraction of sp³-hybridized carbons (Fsp3) is 0.429. The Morgan fingerprint density at radius 2 is 2.50 bits per heavy atom. The minimum Gasteiger partial charge on any atom is -0.277 e. The van der Waals surface area contributed by atoms with E-state index in [0.717, 1.165) is 0 Å². The van der Waals surface area contributed by atoms with E-state index in [1.807, 2.05) is 0 Å². The lowest BCUT2D eigenvalue weighted by Crippen LogP contribution is -2.30. The van der Waals surface area contributed by atoms with Crippen LogP contribution in [-0.4, -0.2) is 22.8 Å². The zero-order valence-corrected chi connectivity index (χ0v) is 7.02. The van der Waals surface area contributed by atoms with Crippen molar-refractivity contribution in [2.24, 2.45) is 0 Å². The first-order valence-electron chi connectivity index (χ1n) is 3.57. The largest absolute Gasteiger partial charge is 0.277 e. The van der Waals surface area contributed by atoms with E-state index < -0.39 is 0 Å². The molecule has 1 amide bonds. The zero-order valence-electron chi connectivity index (χ0n) is 7.02. The number of nitrogens with one attached hydrogen (secondary N) is 1. The normalized spacial score (nSPS) is 12.5. The molecule has 1 aromatic heterocycles. The summed E-state index contributed by atoms with van der Waals surface area (Å²) in [6.45, 7) is 1.74. The SMILES string of the molecule is CONC(=O)C(C)n1cccn1. The first kappa shape index (κ1) is 8.73. The Balaban J connectivity index is 2.59. The predicted octanol–water partition coefficient (Wildman–Crippen LogP) is 0.122. The third kappa shape index (κ3) is 1.82. The molecular weight excluding hydrogens is 158 g/mol. The molecule has 0 bridgehead atoms. The fourth-order valence-corrected chi connectivity index (χ4v) is 0.816. The van der Waals surface area contributed by atoms with E-state index in [1.165, 1.54) is 7.11 Å². The highest BCUT2D eigenvalue weighted by Gasteiger charge is 2.13. The third-order valence-corrected chi connectivity index (χ3v) is 1.50. The van der Waals surface area contributed by atoms with E-state index in [9.17, 15) is 4.79 Å². The molecule has 5 nitrogen and oxygen atoms in total. The number of carbonyl (C=O) groups excluding carboxylic acids is 1. The Morgan fingerprint density at radius 3 is 3.00 bits per heavy atom. The van der Waals surface area contributed by atoms with Gasteiger partial charge in [-0.2, -0.15) is 5.10 Å². The Kier molecular flexibility index (Phi) is 2.82. The number of hydroxylamine groups is 1. The van der Waals surface area contributed by atoms with E-state index in [-0.39, 0.29) is 11.9 Å². The molecule has 12 heavy (non-hydrogen) atoms. The van der Waals surface area contributed by atoms with Gasteiger partial charge in [0, 0.05) is 12.4 Å². The lowest BCUT2D eigenvalue weighted by Gasteiger charge is -2.10. The molecule has 0 aromatic carbocycles. The lowest BCUT2D eigenvalue weighted by molar-refractivity contribution is -0.134. The zero-order chi connectivity index (χ0) is 8.97. The van der Waals surface area contributed by atoms with Gasteiger partial charge < -0.3 is 0 Å².